The van der Waals surface area contributed by atoms with Crippen molar-refractivity contribution in [1.82, 2.24) is 19.7 Å². The molecule has 0 N–H and O–H groups in total. The average molecular weight is 308 g/mol. The van der Waals surface area contributed by atoms with E-state index >= 15 is 0 Å². The van der Waals surface area contributed by atoms with E-state index in [9.17, 15) is 0 Å². The molecule has 2 heterocycles. The van der Waals surface area contributed by atoms with Crippen molar-refractivity contribution in [2.75, 3.05) is 0 Å². The Morgan fingerprint density at radius 1 is 1.04 bits per heavy atom. The third-order valence-electron chi connectivity index (χ3n) is 4.83. The molecule has 5 nitrogen and oxygen atoms in total. The summed E-state index contributed by atoms with van der Waals surface area (Å²) in [4.78, 5) is 8.70. The van der Waals surface area contributed by atoms with Gasteiger partial charge >= 0.3 is 0 Å². The number of hydrogen-bond acceptors (Lipinski definition) is 4. The second-order valence-corrected chi connectivity index (χ2v) is 6.31. The van der Waals surface area contributed by atoms with Crippen LogP contribution in [0.1, 0.15) is 49.0 Å². The van der Waals surface area contributed by atoms with Gasteiger partial charge in [0.25, 0.3) is 0 Å². The fourth-order valence-electron chi connectivity index (χ4n) is 3.48. The first-order chi connectivity index (χ1) is 11.3. The monoisotopic (exact) mass is 308 g/mol. The Bertz CT molecular complexity index is 769. The lowest BCUT2D eigenvalue weighted by atomic mass is 9.78. The van der Waals surface area contributed by atoms with Crippen molar-refractivity contribution in [3.63, 3.8) is 0 Å². The van der Waals surface area contributed by atoms with Crippen LogP contribution in [-0.2, 0) is 7.05 Å². The van der Waals surface area contributed by atoms with Crippen LogP contribution in [0.25, 0.3) is 11.5 Å². The molecule has 1 fully saturated rings. The molecule has 0 saturated heterocycles. The second-order valence-electron chi connectivity index (χ2n) is 6.31. The molecular weight excluding hydrogens is 288 g/mol. The van der Waals surface area contributed by atoms with Gasteiger partial charge in [0, 0.05) is 13.0 Å². The topological polar surface area (TPSA) is 56.7 Å². The van der Waals surface area contributed by atoms with Crippen LogP contribution in [0, 0.1) is 0 Å². The molecule has 2 aromatic heterocycles. The normalized spacial score (nSPS) is 21.4. The summed E-state index contributed by atoms with van der Waals surface area (Å²) in [6.45, 7) is 0. The fourth-order valence-corrected chi connectivity index (χ4v) is 3.48. The predicted molar refractivity (Wildman–Crippen MR) is 86.9 cm³/mol. The molecule has 1 aliphatic carbocycles. The van der Waals surface area contributed by atoms with E-state index in [-0.39, 0.29) is 0 Å². The molecule has 0 radical (unpaired) electrons. The molecule has 0 aliphatic heterocycles. The largest absolute Gasteiger partial charge is 0.339 e. The molecule has 118 valence electrons. The number of aryl methyl sites for hydroxylation is 1. The van der Waals surface area contributed by atoms with Gasteiger partial charge in [0.2, 0.25) is 11.7 Å². The quantitative estimate of drug-likeness (QED) is 0.736. The van der Waals surface area contributed by atoms with Crippen LogP contribution in [-0.4, -0.2) is 19.7 Å². The summed E-state index contributed by atoms with van der Waals surface area (Å²) in [6, 6.07) is 10.8. The zero-order valence-electron chi connectivity index (χ0n) is 13.2. The Balaban J connectivity index is 1.45. The van der Waals surface area contributed by atoms with Crippen LogP contribution >= 0.6 is 0 Å². The summed E-state index contributed by atoms with van der Waals surface area (Å²) in [5, 5.41) is 4.12. The van der Waals surface area contributed by atoms with Gasteiger partial charge in [-0.3, -0.25) is 0 Å². The van der Waals surface area contributed by atoms with Crippen LogP contribution in [0.4, 0.5) is 0 Å². The van der Waals surface area contributed by atoms with E-state index in [0.717, 1.165) is 24.4 Å². The Kier molecular flexibility index (Phi) is 3.69. The molecule has 5 heteroatoms. The van der Waals surface area contributed by atoms with Gasteiger partial charge in [-0.15, -0.1) is 0 Å². The first-order valence-electron chi connectivity index (χ1n) is 8.16. The molecule has 0 unspecified atom stereocenters. The van der Waals surface area contributed by atoms with Crippen molar-refractivity contribution in [1.29, 1.82) is 0 Å². The number of rotatable bonds is 3. The Labute approximate surface area is 135 Å². The minimum Gasteiger partial charge on any atom is -0.339 e. The maximum atomic E-state index is 5.52. The SMILES string of the molecule is Cn1cncc1-c1noc(C2CCC(c3ccccc3)CC2)n1. The molecule has 0 bridgehead atoms. The number of hydrogen-bond donors (Lipinski definition) is 0. The van der Waals surface area contributed by atoms with Crippen LogP contribution in [0.2, 0.25) is 0 Å². The molecule has 1 aromatic carbocycles. The van der Waals surface area contributed by atoms with Crippen LogP contribution in [0.15, 0.2) is 47.4 Å². The molecule has 0 amide bonds. The van der Waals surface area contributed by atoms with Crippen molar-refractivity contribution in [3.8, 4) is 11.5 Å². The second kappa shape index (κ2) is 5.99. The Hall–Kier alpha value is -2.43. The van der Waals surface area contributed by atoms with Gasteiger partial charge in [0.05, 0.1) is 12.5 Å². The van der Waals surface area contributed by atoms with E-state index in [0.29, 0.717) is 17.7 Å². The smallest absolute Gasteiger partial charge is 0.230 e. The van der Waals surface area contributed by atoms with Gasteiger partial charge < -0.3 is 9.09 Å². The lowest BCUT2D eigenvalue weighted by Gasteiger charge is -2.26. The summed E-state index contributed by atoms with van der Waals surface area (Å²) in [6.07, 6.45) is 8.08. The van der Waals surface area contributed by atoms with Gasteiger partial charge in [-0.25, -0.2) is 4.98 Å². The standard InChI is InChI=1S/C18H20N4O/c1-22-12-19-11-16(22)17-20-18(23-21-17)15-9-7-14(8-10-15)13-5-3-2-4-6-13/h2-6,11-12,14-15H,7-10H2,1H3. The first kappa shape index (κ1) is 14.2. The molecule has 3 aromatic rings. The molecule has 1 aliphatic rings. The molecule has 4 rings (SSSR count). The summed E-state index contributed by atoms with van der Waals surface area (Å²) in [5.74, 6) is 2.44. The average Bonchev–Trinajstić information content (AvgIpc) is 3.24. The van der Waals surface area contributed by atoms with Crippen molar-refractivity contribution < 1.29 is 4.52 Å². The lowest BCUT2D eigenvalue weighted by molar-refractivity contribution is 0.301. The predicted octanol–water partition coefficient (Wildman–Crippen LogP) is 3.91. The third-order valence-corrected chi connectivity index (χ3v) is 4.83. The first-order valence-corrected chi connectivity index (χ1v) is 8.16. The number of nitrogens with zero attached hydrogens (tertiary/aromatic N) is 4. The van der Waals surface area contributed by atoms with Crippen molar-refractivity contribution in [2.45, 2.75) is 37.5 Å². The van der Waals surface area contributed by atoms with Crippen molar-refractivity contribution >= 4 is 0 Å². The van der Waals surface area contributed by atoms with Gasteiger partial charge in [-0.05, 0) is 37.2 Å². The summed E-state index contributed by atoms with van der Waals surface area (Å²) < 4.78 is 7.43. The molecule has 0 spiro atoms. The maximum absolute atomic E-state index is 5.52. The van der Waals surface area contributed by atoms with E-state index in [4.69, 9.17) is 4.52 Å². The van der Waals surface area contributed by atoms with Crippen molar-refractivity contribution in [2.24, 2.45) is 7.05 Å². The highest BCUT2D eigenvalue weighted by atomic mass is 16.5. The zero-order chi connectivity index (χ0) is 15.6. The van der Waals surface area contributed by atoms with Gasteiger partial charge in [0.1, 0.15) is 5.69 Å². The van der Waals surface area contributed by atoms with E-state index in [1.807, 2.05) is 11.6 Å². The van der Waals surface area contributed by atoms with Crippen LogP contribution in [0.5, 0.6) is 0 Å². The van der Waals surface area contributed by atoms with E-state index in [2.05, 4.69) is 45.5 Å². The van der Waals surface area contributed by atoms with Gasteiger partial charge in [-0.1, -0.05) is 35.5 Å². The zero-order valence-corrected chi connectivity index (χ0v) is 13.2. The number of aromatic nitrogens is 4. The summed E-state index contributed by atoms with van der Waals surface area (Å²) in [7, 11) is 1.93. The number of imidazole rings is 1. The lowest BCUT2D eigenvalue weighted by Crippen LogP contribution is -2.12. The molecule has 1 saturated carbocycles. The highest BCUT2D eigenvalue weighted by Gasteiger charge is 2.27. The van der Waals surface area contributed by atoms with Crippen LogP contribution < -0.4 is 0 Å². The number of benzene rings is 1. The molecule has 0 atom stereocenters. The Morgan fingerprint density at radius 3 is 2.48 bits per heavy atom. The highest BCUT2D eigenvalue weighted by molar-refractivity contribution is 5.47. The minimum absolute atomic E-state index is 0.379. The van der Waals surface area contributed by atoms with E-state index in [1.54, 1.807) is 12.5 Å². The molecule has 23 heavy (non-hydrogen) atoms. The van der Waals surface area contributed by atoms with Crippen LogP contribution in [0.3, 0.4) is 0 Å². The van der Waals surface area contributed by atoms with E-state index in [1.165, 1.54) is 18.4 Å². The summed E-state index contributed by atoms with van der Waals surface area (Å²) >= 11 is 0. The maximum Gasteiger partial charge on any atom is 0.230 e. The third kappa shape index (κ3) is 2.79. The Morgan fingerprint density at radius 2 is 1.78 bits per heavy atom. The van der Waals surface area contributed by atoms with Gasteiger partial charge in [0.15, 0.2) is 0 Å². The summed E-state index contributed by atoms with van der Waals surface area (Å²) in [5.41, 5.74) is 2.34. The van der Waals surface area contributed by atoms with Crippen molar-refractivity contribution in [3.05, 3.63) is 54.3 Å². The minimum atomic E-state index is 0.379. The highest BCUT2D eigenvalue weighted by Crippen LogP contribution is 2.40. The molecular formula is C18H20N4O. The fraction of sp³-hybridized carbons (Fsp3) is 0.389. The van der Waals surface area contributed by atoms with E-state index < -0.39 is 0 Å². The van der Waals surface area contributed by atoms with Gasteiger partial charge in [-0.2, -0.15) is 4.98 Å².